The first kappa shape index (κ1) is 15.9. The second kappa shape index (κ2) is 3.93. The van der Waals surface area contributed by atoms with E-state index in [-0.39, 0.29) is 0 Å². The fourth-order valence-electron chi connectivity index (χ4n) is 6.06. The van der Waals surface area contributed by atoms with Gasteiger partial charge in [0.15, 0.2) is 0 Å². The molecule has 6 heteroatoms. The van der Waals surface area contributed by atoms with E-state index in [9.17, 15) is 14.5 Å². The highest BCUT2D eigenvalue weighted by Crippen LogP contribution is 3.01. The molecule has 6 unspecified atom stereocenters. The summed E-state index contributed by atoms with van der Waals surface area (Å²) in [5, 5.41) is -0.575. The van der Waals surface area contributed by atoms with E-state index in [2.05, 4.69) is 0 Å². The van der Waals surface area contributed by atoms with E-state index in [0.717, 1.165) is 11.1 Å². The Kier molecular flexibility index (Phi) is 2.85. The second-order valence-corrected chi connectivity index (χ2v) is 9.24. The number of rotatable bonds is 2. The van der Waals surface area contributed by atoms with Crippen LogP contribution in [-0.4, -0.2) is 41.9 Å². The van der Waals surface area contributed by atoms with Crippen LogP contribution in [0.1, 0.15) is 34.6 Å². The van der Waals surface area contributed by atoms with Crippen molar-refractivity contribution in [1.29, 1.82) is 0 Å². The largest absolute Gasteiger partial charge is 0.469 e. The van der Waals surface area contributed by atoms with Gasteiger partial charge in [-0.2, -0.15) is 0 Å². The van der Waals surface area contributed by atoms with Gasteiger partial charge in [0, 0.05) is 16.0 Å². The van der Waals surface area contributed by atoms with Crippen molar-refractivity contribution in [2.75, 3.05) is 14.2 Å². The molecule has 6 atom stereocenters. The van der Waals surface area contributed by atoms with Gasteiger partial charge < -0.3 is 14.4 Å². The summed E-state index contributed by atoms with van der Waals surface area (Å²) in [6.45, 7) is 10.0. The zero-order valence-electron chi connectivity index (χ0n) is 14.1. The van der Waals surface area contributed by atoms with Crippen LogP contribution in [0.2, 0.25) is 0 Å². The van der Waals surface area contributed by atoms with Crippen LogP contribution in [0.3, 0.4) is 0 Å². The average molecular weight is 326 g/mol. The Hall–Kier alpha value is -0.930. The molecule has 2 aliphatic carbocycles. The molecule has 3 aliphatic rings. The van der Waals surface area contributed by atoms with Crippen molar-refractivity contribution < 1.29 is 24.0 Å². The van der Waals surface area contributed by atoms with Crippen molar-refractivity contribution >= 4 is 20.1 Å². The molecule has 0 radical (unpaired) electrons. The van der Waals surface area contributed by atoms with Crippen LogP contribution in [0.15, 0.2) is 11.1 Å². The normalized spacial score (nSPS) is 51.6. The van der Waals surface area contributed by atoms with Crippen LogP contribution < -0.4 is 0 Å². The number of hydrogen-bond acceptors (Lipinski definition) is 5. The van der Waals surface area contributed by atoms with Gasteiger partial charge in [-0.1, -0.05) is 25.0 Å². The molecule has 1 N–H and O–H groups in total. The standard InChI is InChI=1S/C16H23O5P/c1-8-9(2)14(4)15(5)13(8,3)16(15,12(18)21-7)10(22(14)19)11(17)20-6/h10,19H,1-7H3. The molecule has 1 heterocycles. The highest BCUT2D eigenvalue weighted by Gasteiger charge is 3.02. The van der Waals surface area contributed by atoms with Crippen molar-refractivity contribution in [3.63, 3.8) is 0 Å². The lowest BCUT2D eigenvalue weighted by molar-refractivity contribution is -0.155. The summed E-state index contributed by atoms with van der Waals surface area (Å²) in [6.07, 6.45) is 0. The third-order valence-corrected chi connectivity index (χ3v) is 10.4. The minimum absolute atomic E-state index is 0.412. The summed E-state index contributed by atoms with van der Waals surface area (Å²) >= 11 is 0. The van der Waals surface area contributed by atoms with Crippen molar-refractivity contribution in [3.05, 3.63) is 11.1 Å². The Labute approximate surface area is 131 Å². The molecule has 1 saturated heterocycles. The second-order valence-electron chi connectivity index (χ2n) is 7.14. The van der Waals surface area contributed by atoms with E-state index < -0.39 is 47.1 Å². The Morgan fingerprint density at radius 3 is 2.09 bits per heavy atom. The number of carbonyl (C=O) groups excluding carboxylic acids is 2. The molecule has 122 valence electrons. The third kappa shape index (κ3) is 0.996. The quantitative estimate of drug-likeness (QED) is 0.478. The Balaban J connectivity index is 2.35. The molecular weight excluding hydrogens is 303 g/mol. The Morgan fingerprint density at radius 2 is 1.64 bits per heavy atom. The molecular formula is C16H23O5P. The number of fused-ring (bicyclic) bond motifs is 1. The van der Waals surface area contributed by atoms with Crippen LogP contribution in [0.4, 0.5) is 0 Å². The topological polar surface area (TPSA) is 72.8 Å². The molecule has 0 aromatic heterocycles. The van der Waals surface area contributed by atoms with Crippen LogP contribution in [0.25, 0.3) is 0 Å². The molecule has 0 aromatic carbocycles. The van der Waals surface area contributed by atoms with Gasteiger partial charge in [0.25, 0.3) is 0 Å². The predicted octanol–water partition coefficient (Wildman–Crippen LogP) is 2.23. The van der Waals surface area contributed by atoms with E-state index in [0.29, 0.717) is 0 Å². The maximum atomic E-state index is 12.8. The molecule has 22 heavy (non-hydrogen) atoms. The number of allylic oxidation sites excluding steroid dienone is 2. The highest BCUT2D eigenvalue weighted by atomic mass is 31.1. The molecule has 0 spiro atoms. The van der Waals surface area contributed by atoms with Gasteiger partial charge in [0.1, 0.15) is 11.1 Å². The first-order valence-electron chi connectivity index (χ1n) is 7.39. The first-order valence-corrected chi connectivity index (χ1v) is 8.76. The average Bonchev–Trinajstić information content (AvgIpc) is 2.86. The minimum atomic E-state index is -1.73. The summed E-state index contributed by atoms with van der Waals surface area (Å²) in [6, 6.07) is 0. The number of hydrogen-bond donors (Lipinski definition) is 1. The molecule has 0 bridgehead atoms. The first-order chi connectivity index (χ1) is 10.1. The molecule has 2 fully saturated rings. The van der Waals surface area contributed by atoms with Gasteiger partial charge in [-0.15, -0.1) is 0 Å². The van der Waals surface area contributed by atoms with E-state index in [1.54, 1.807) is 0 Å². The van der Waals surface area contributed by atoms with Crippen LogP contribution in [0.5, 0.6) is 0 Å². The fraction of sp³-hybridized carbons (Fsp3) is 0.750. The Bertz CT molecular complexity index is 642. The molecule has 3 rings (SSSR count). The SMILES string of the molecule is COC(=O)C1P(O)C2(C)C(C)=C(C)C3(C)C1(C(=O)OC)C23C. The number of carbonyl (C=O) groups is 2. The lowest BCUT2D eigenvalue weighted by atomic mass is 9.77. The summed E-state index contributed by atoms with van der Waals surface area (Å²) in [5.41, 5.74) is -0.680. The lowest BCUT2D eigenvalue weighted by Gasteiger charge is -2.36. The summed E-state index contributed by atoms with van der Waals surface area (Å²) in [5.74, 6) is -0.926. The van der Waals surface area contributed by atoms with Crippen LogP contribution in [-0.2, 0) is 19.1 Å². The number of methoxy groups -OCH3 is 2. The summed E-state index contributed by atoms with van der Waals surface area (Å²) in [4.78, 5) is 36.3. The Morgan fingerprint density at radius 1 is 1.09 bits per heavy atom. The molecule has 5 nitrogen and oxygen atoms in total. The molecule has 0 aromatic rings. The maximum Gasteiger partial charge on any atom is 0.316 e. The van der Waals surface area contributed by atoms with Gasteiger partial charge in [0.2, 0.25) is 0 Å². The van der Waals surface area contributed by atoms with Crippen molar-refractivity contribution in [2.45, 2.75) is 45.4 Å². The van der Waals surface area contributed by atoms with Gasteiger partial charge in [-0.25, -0.2) is 0 Å². The van der Waals surface area contributed by atoms with E-state index >= 15 is 0 Å². The monoisotopic (exact) mass is 326 g/mol. The number of esters is 2. The van der Waals surface area contributed by atoms with Crippen LogP contribution in [0, 0.1) is 16.2 Å². The van der Waals surface area contributed by atoms with Gasteiger partial charge in [-0.05, 0) is 20.8 Å². The minimum Gasteiger partial charge on any atom is -0.469 e. The van der Waals surface area contributed by atoms with Gasteiger partial charge in [0.05, 0.1) is 22.4 Å². The molecule has 1 aliphatic heterocycles. The lowest BCUT2D eigenvalue weighted by Crippen LogP contribution is -2.40. The number of ether oxygens (including phenoxy) is 2. The van der Waals surface area contributed by atoms with E-state index in [1.807, 2.05) is 34.6 Å². The zero-order valence-corrected chi connectivity index (χ0v) is 15.0. The van der Waals surface area contributed by atoms with Crippen molar-refractivity contribution in [1.82, 2.24) is 0 Å². The van der Waals surface area contributed by atoms with Crippen molar-refractivity contribution in [3.8, 4) is 0 Å². The summed E-state index contributed by atoms with van der Waals surface area (Å²) < 4.78 is 10.0. The van der Waals surface area contributed by atoms with E-state index in [1.165, 1.54) is 14.2 Å². The molecule has 0 amide bonds. The smallest absolute Gasteiger partial charge is 0.316 e. The zero-order chi connectivity index (χ0) is 16.9. The van der Waals surface area contributed by atoms with Gasteiger partial charge in [-0.3, -0.25) is 9.59 Å². The summed E-state index contributed by atoms with van der Waals surface area (Å²) in [7, 11) is 0.907. The predicted molar refractivity (Wildman–Crippen MR) is 82.4 cm³/mol. The van der Waals surface area contributed by atoms with Crippen molar-refractivity contribution in [2.24, 2.45) is 16.2 Å². The van der Waals surface area contributed by atoms with E-state index in [4.69, 9.17) is 9.47 Å². The van der Waals surface area contributed by atoms with Gasteiger partial charge >= 0.3 is 11.9 Å². The molecule has 1 saturated carbocycles. The highest BCUT2D eigenvalue weighted by molar-refractivity contribution is 7.56. The third-order valence-electron chi connectivity index (χ3n) is 7.58. The fourth-order valence-corrected chi connectivity index (χ4v) is 9.23. The van der Waals surface area contributed by atoms with Crippen LogP contribution >= 0.6 is 8.15 Å². The maximum absolute atomic E-state index is 12.8.